The molecule has 1 atom stereocenters. The van der Waals surface area contributed by atoms with Crippen LogP contribution in [0.25, 0.3) is 0 Å². The first kappa shape index (κ1) is 18.4. The van der Waals surface area contributed by atoms with Gasteiger partial charge in [-0.15, -0.1) is 0 Å². The van der Waals surface area contributed by atoms with Crippen molar-refractivity contribution in [2.45, 2.75) is 11.6 Å². The summed E-state index contributed by atoms with van der Waals surface area (Å²) in [7, 11) is 0. The molecule has 1 aromatic rings. The number of nitrogens with one attached hydrogen (secondary N) is 1. The Morgan fingerprint density at radius 1 is 1.14 bits per heavy atom. The summed E-state index contributed by atoms with van der Waals surface area (Å²) in [6.45, 7) is -1.41. The third-order valence-electron chi connectivity index (χ3n) is 2.95. The third-order valence-corrected chi connectivity index (χ3v) is 3.48. The van der Waals surface area contributed by atoms with Crippen molar-refractivity contribution in [2.24, 2.45) is 0 Å². The average Bonchev–Trinajstić information content (AvgIpc) is 2.48. The zero-order valence-corrected chi connectivity index (χ0v) is 12.8. The molecule has 21 heavy (non-hydrogen) atoms. The Bertz CT molecular complexity index is 434. The Labute approximate surface area is 132 Å². The van der Waals surface area contributed by atoms with Crippen LogP contribution in [0.3, 0.4) is 0 Å². The second-order valence-corrected chi connectivity index (χ2v) is 5.52. The number of β-amino-alcohol motifs (C(OH)–C–C–N with tert-alkyl or cyclic N) is 1. The Morgan fingerprint density at radius 2 is 1.76 bits per heavy atom. The van der Waals surface area contributed by atoms with E-state index in [2.05, 4.69) is 5.32 Å². The van der Waals surface area contributed by atoms with Crippen LogP contribution in [0, 0.1) is 0 Å². The van der Waals surface area contributed by atoms with E-state index in [1.54, 1.807) is 12.1 Å². The summed E-state index contributed by atoms with van der Waals surface area (Å²) in [4.78, 5) is 0. The van der Waals surface area contributed by atoms with Crippen LogP contribution in [0.15, 0.2) is 18.2 Å². The van der Waals surface area contributed by atoms with Crippen LogP contribution >= 0.6 is 23.2 Å². The molecule has 0 amide bonds. The van der Waals surface area contributed by atoms with Crippen LogP contribution in [0.5, 0.6) is 5.75 Å². The molecule has 0 saturated heterocycles. The fraction of sp³-hybridized carbons (Fsp3) is 0.538. The normalized spacial score (nSPS) is 13.2. The maximum Gasteiger partial charge on any atom is 0.138 e. The third kappa shape index (κ3) is 5.60. The summed E-state index contributed by atoms with van der Waals surface area (Å²) >= 11 is 11.7. The molecule has 0 radical (unpaired) electrons. The number of aliphatic hydroxyl groups is 4. The van der Waals surface area contributed by atoms with E-state index in [4.69, 9.17) is 43.3 Å². The molecule has 0 aliphatic rings. The van der Waals surface area contributed by atoms with Gasteiger partial charge in [-0.2, -0.15) is 0 Å². The molecule has 8 heteroatoms. The lowest BCUT2D eigenvalue weighted by molar-refractivity contribution is 0.0261. The fourth-order valence-electron chi connectivity index (χ4n) is 1.49. The summed E-state index contributed by atoms with van der Waals surface area (Å²) < 4.78 is 5.35. The molecule has 0 fully saturated rings. The second-order valence-electron chi connectivity index (χ2n) is 4.68. The second kappa shape index (κ2) is 8.75. The topological polar surface area (TPSA) is 102 Å². The molecular weight excluding hydrogens is 321 g/mol. The van der Waals surface area contributed by atoms with Crippen molar-refractivity contribution in [3.8, 4) is 5.75 Å². The SMILES string of the molecule is OCC(CO)(CO)NCC(O)COc1ccc(Cl)cc1Cl. The maximum absolute atomic E-state index is 9.80. The number of aliphatic hydroxyl groups excluding tert-OH is 4. The standard InChI is InChI=1S/C13H19Cl2NO5/c14-9-1-2-12(11(15)3-9)21-5-10(20)4-16-13(6-17,7-18)8-19/h1-3,10,16-20H,4-8H2. The van der Waals surface area contributed by atoms with Crippen molar-refractivity contribution < 1.29 is 25.2 Å². The summed E-state index contributed by atoms with van der Waals surface area (Å²) in [5.41, 5.74) is -1.24. The van der Waals surface area contributed by atoms with E-state index in [0.717, 1.165) is 0 Å². The molecule has 0 saturated carbocycles. The molecule has 1 rings (SSSR count). The van der Waals surface area contributed by atoms with Gasteiger partial charge >= 0.3 is 0 Å². The summed E-state index contributed by atoms with van der Waals surface area (Å²) in [6, 6.07) is 4.73. The highest BCUT2D eigenvalue weighted by molar-refractivity contribution is 6.35. The largest absolute Gasteiger partial charge is 0.489 e. The van der Waals surface area contributed by atoms with Crippen molar-refractivity contribution in [3.63, 3.8) is 0 Å². The minimum atomic E-state index is -1.24. The van der Waals surface area contributed by atoms with Crippen LogP contribution < -0.4 is 10.1 Å². The van der Waals surface area contributed by atoms with Crippen LogP contribution in [0.1, 0.15) is 0 Å². The van der Waals surface area contributed by atoms with Crippen molar-refractivity contribution in [1.82, 2.24) is 5.32 Å². The molecule has 0 heterocycles. The average molecular weight is 340 g/mol. The molecule has 0 spiro atoms. The number of benzene rings is 1. The van der Waals surface area contributed by atoms with Crippen molar-refractivity contribution in [3.05, 3.63) is 28.2 Å². The highest BCUT2D eigenvalue weighted by Gasteiger charge is 2.28. The zero-order chi connectivity index (χ0) is 15.9. The molecule has 0 aliphatic carbocycles. The van der Waals surface area contributed by atoms with Gasteiger partial charge in [-0.3, -0.25) is 0 Å². The number of hydrogen-bond acceptors (Lipinski definition) is 6. The molecule has 1 unspecified atom stereocenters. The van der Waals surface area contributed by atoms with Crippen molar-refractivity contribution in [1.29, 1.82) is 0 Å². The van der Waals surface area contributed by atoms with E-state index in [0.29, 0.717) is 15.8 Å². The lowest BCUT2D eigenvalue weighted by Crippen LogP contribution is -2.57. The van der Waals surface area contributed by atoms with Crippen LogP contribution in [0.4, 0.5) is 0 Å². The molecule has 120 valence electrons. The molecule has 0 aliphatic heterocycles. The maximum atomic E-state index is 9.80. The van der Waals surface area contributed by atoms with Gasteiger partial charge < -0.3 is 30.5 Å². The fourth-order valence-corrected chi connectivity index (χ4v) is 1.95. The lowest BCUT2D eigenvalue weighted by Gasteiger charge is -2.29. The Morgan fingerprint density at radius 3 is 2.29 bits per heavy atom. The van der Waals surface area contributed by atoms with Crippen LogP contribution in [-0.4, -0.2) is 65.0 Å². The molecular formula is C13H19Cl2NO5. The monoisotopic (exact) mass is 339 g/mol. The Kier molecular flexibility index (Phi) is 7.69. The van der Waals surface area contributed by atoms with E-state index >= 15 is 0 Å². The molecule has 1 aromatic carbocycles. The first-order chi connectivity index (χ1) is 9.96. The van der Waals surface area contributed by atoms with Gasteiger partial charge in [-0.1, -0.05) is 23.2 Å². The van der Waals surface area contributed by atoms with Gasteiger partial charge in [-0.25, -0.2) is 0 Å². The minimum Gasteiger partial charge on any atom is -0.489 e. The van der Waals surface area contributed by atoms with E-state index in [9.17, 15) is 5.11 Å². The minimum absolute atomic E-state index is 0.0207. The molecule has 0 aromatic heterocycles. The Hall–Kier alpha value is -0.600. The van der Waals surface area contributed by atoms with Gasteiger partial charge in [0.1, 0.15) is 18.5 Å². The highest BCUT2D eigenvalue weighted by atomic mass is 35.5. The summed E-state index contributed by atoms with van der Waals surface area (Å²) in [5, 5.41) is 40.7. The molecule has 0 bridgehead atoms. The number of halogens is 2. The van der Waals surface area contributed by atoms with Gasteiger partial charge in [0.2, 0.25) is 0 Å². The first-order valence-electron chi connectivity index (χ1n) is 6.30. The molecule has 5 N–H and O–H groups in total. The van der Waals surface area contributed by atoms with Gasteiger partial charge in [0.15, 0.2) is 0 Å². The number of hydrogen-bond donors (Lipinski definition) is 5. The van der Waals surface area contributed by atoms with Gasteiger partial charge in [-0.05, 0) is 18.2 Å². The number of ether oxygens (including phenoxy) is 1. The van der Waals surface area contributed by atoms with E-state index in [-0.39, 0.29) is 13.2 Å². The van der Waals surface area contributed by atoms with E-state index in [1.165, 1.54) is 6.07 Å². The summed E-state index contributed by atoms with van der Waals surface area (Å²) in [5.74, 6) is 0.387. The number of rotatable bonds is 9. The van der Waals surface area contributed by atoms with Crippen LogP contribution in [0.2, 0.25) is 10.0 Å². The van der Waals surface area contributed by atoms with E-state index < -0.39 is 31.5 Å². The zero-order valence-electron chi connectivity index (χ0n) is 11.3. The van der Waals surface area contributed by atoms with Crippen molar-refractivity contribution in [2.75, 3.05) is 33.0 Å². The Balaban J connectivity index is 2.45. The van der Waals surface area contributed by atoms with Gasteiger partial charge in [0, 0.05) is 11.6 Å². The predicted octanol–water partition coefficient (Wildman–Crippen LogP) is 0.0384. The predicted molar refractivity (Wildman–Crippen MR) is 80.0 cm³/mol. The molecule has 6 nitrogen and oxygen atoms in total. The van der Waals surface area contributed by atoms with E-state index in [1.807, 2.05) is 0 Å². The smallest absolute Gasteiger partial charge is 0.138 e. The lowest BCUT2D eigenvalue weighted by atomic mass is 10.0. The summed E-state index contributed by atoms with van der Waals surface area (Å²) in [6.07, 6.45) is -0.916. The quantitative estimate of drug-likeness (QED) is 0.435. The highest BCUT2D eigenvalue weighted by Crippen LogP contribution is 2.27. The van der Waals surface area contributed by atoms with Crippen molar-refractivity contribution >= 4 is 23.2 Å². The van der Waals surface area contributed by atoms with Gasteiger partial charge in [0.25, 0.3) is 0 Å². The first-order valence-corrected chi connectivity index (χ1v) is 7.05. The van der Waals surface area contributed by atoms with Gasteiger partial charge in [0.05, 0.1) is 30.4 Å². The van der Waals surface area contributed by atoms with Crippen LogP contribution in [-0.2, 0) is 0 Å².